The molecule has 13 rings (SSSR count). The third-order valence-electron chi connectivity index (χ3n) is 11.0. The van der Waals surface area contributed by atoms with Gasteiger partial charge in [0.15, 0.2) is 0 Å². The number of rotatable bonds is 0. The van der Waals surface area contributed by atoms with Crippen LogP contribution in [-0.4, -0.2) is 0 Å². The molecule has 6 aliphatic rings. The minimum atomic E-state index is 1.34. The first kappa shape index (κ1) is 31.1. The highest BCUT2D eigenvalue weighted by atomic mass is 32.2. The number of benzene rings is 7. The van der Waals surface area contributed by atoms with E-state index >= 15 is 0 Å². The van der Waals surface area contributed by atoms with Gasteiger partial charge in [-0.1, -0.05) is 180 Å². The van der Waals surface area contributed by atoms with E-state index in [1.54, 1.807) is 0 Å². The van der Waals surface area contributed by atoms with Crippen molar-refractivity contribution in [3.63, 3.8) is 0 Å². The summed E-state index contributed by atoms with van der Waals surface area (Å²) in [6, 6.07) is 54.5. The molecule has 0 fully saturated rings. The van der Waals surface area contributed by atoms with E-state index in [1.807, 2.05) is 70.6 Å². The lowest BCUT2D eigenvalue weighted by atomic mass is 9.84. The Kier molecular flexibility index (Phi) is 6.73. The fourth-order valence-electron chi connectivity index (χ4n) is 8.93. The molecule has 0 saturated heterocycles. The molecule has 252 valence electrons. The summed E-state index contributed by atoms with van der Waals surface area (Å²) in [6.45, 7) is 0. The van der Waals surface area contributed by atoms with Gasteiger partial charge < -0.3 is 0 Å². The molecule has 0 unspecified atom stereocenters. The van der Waals surface area contributed by atoms with Crippen molar-refractivity contribution < 1.29 is 0 Å². The van der Waals surface area contributed by atoms with Crippen molar-refractivity contribution in [1.29, 1.82) is 0 Å². The zero-order valence-electron chi connectivity index (χ0n) is 28.3. The molecule has 7 aromatic carbocycles. The van der Waals surface area contributed by atoms with Crippen molar-refractivity contribution in [3.05, 3.63) is 192 Å². The maximum absolute atomic E-state index is 2.39. The normalized spacial score (nSPS) is 16.2. The van der Waals surface area contributed by atoms with Crippen LogP contribution in [0, 0.1) is 0 Å². The van der Waals surface area contributed by atoms with Crippen molar-refractivity contribution in [1.82, 2.24) is 0 Å². The van der Waals surface area contributed by atoms with Gasteiger partial charge in [0, 0.05) is 62.8 Å². The first-order valence-electron chi connectivity index (χ1n) is 17.9. The highest BCUT2D eigenvalue weighted by Crippen LogP contribution is 2.70. The lowest BCUT2D eigenvalue weighted by molar-refractivity contribution is 1.27. The Morgan fingerprint density at radius 3 is 0.648 bits per heavy atom. The second-order valence-corrected chi connectivity index (χ2v) is 20.9. The Morgan fingerprint density at radius 1 is 0.204 bits per heavy atom. The van der Waals surface area contributed by atoms with Crippen LogP contribution in [0.4, 0.5) is 0 Å². The van der Waals surface area contributed by atoms with Gasteiger partial charge >= 0.3 is 0 Å². The molecule has 0 spiro atoms. The largest absolute Gasteiger partial charge is 0.0809 e. The molecule has 3 aliphatic heterocycles. The van der Waals surface area contributed by atoms with E-state index < -0.39 is 0 Å². The second-order valence-electron chi connectivity index (χ2n) is 13.8. The van der Waals surface area contributed by atoms with Gasteiger partial charge in [0.2, 0.25) is 0 Å². The SMILES string of the molecule is c1ccc2c(c1)SC(=C1c3ccccc3-c3c1c1c(c4c3C(=C3Sc5ccccc5S3)c3ccccc3-4)C(=C3Sc4ccccc4S3)c3ccccc3-1)S2. The van der Waals surface area contributed by atoms with Gasteiger partial charge in [-0.25, -0.2) is 0 Å². The van der Waals surface area contributed by atoms with Crippen LogP contribution in [0.1, 0.15) is 33.4 Å². The molecule has 54 heavy (non-hydrogen) atoms. The summed E-state index contributed by atoms with van der Waals surface area (Å²) in [5, 5.41) is 0. The topological polar surface area (TPSA) is 0 Å². The summed E-state index contributed by atoms with van der Waals surface area (Å²) in [4.78, 5) is 8.08. The van der Waals surface area contributed by atoms with Gasteiger partial charge in [0.25, 0.3) is 0 Å². The molecule has 6 heteroatoms. The first-order valence-corrected chi connectivity index (χ1v) is 22.8. The summed E-state index contributed by atoms with van der Waals surface area (Å²) in [5.41, 5.74) is 20.6. The van der Waals surface area contributed by atoms with Crippen molar-refractivity contribution in [2.24, 2.45) is 0 Å². The van der Waals surface area contributed by atoms with Crippen LogP contribution >= 0.6 is 70.6 Å². The predicted octanol–water partition coefficient (Wildman–Crippen LogP) is 15.5. The minimum Gasteiger partial charge on any atom is -0.0809 e. The Bertz CT molecular complexity index is 2580. The molecule has 0 amide bonds. The molecular weight excluding hydrogens is 769 g/mol. The Hall–Kier alpha value is -4.14. The standard InChI is InChI=1S/C48H24S6/c1-4-16-28-25(13-1)37-43(40(28)46-49-31-19-7-8-20-32(31)50-46)38-27-15-3-6-18-30(27)42(48-53-35-23-11-12-24-36(35)54-48)45(38)39-26-14-2-5-17-29(26)41(44(37)39)47-51-33-21-9-10-22-34(33)52-47/h1-24H. The van der Waals surface area contributed by atoms with Crippen LogP contribution in [0.15, 0.2) is 188 Å². The monoisotopic (exact) mass is 792 g/mol. The average Bonchev–Trinajstić information content (AvgIpc) is 4.06. The van der Waals surface area contributed by atoms with E-state index in [1.165, 1.54) is 126 Å². The average molecular weight is 793 g/mol. The Balaban J connectivity index is 1.22. The van der Waals surface area contributed by atoms with E-state index in [9.17, 15) is 0 Å². The number of thioether (sulfide) groups is 6. The van der Waals surface area contributed by atoms with Gasteiger partial charge in [-0.05, 0) is 86.5 Å². The van der Waals surface area contributed by atoms with Crippen LogP contribution in [-0.2, 0) is 0 Å². The maximum Gasteiger partial charge on any atom is 0.0584 e. The molecule has 3 aliphatic carbocycles. The summed E-state index contributed by atoms with van der Waals surface area (Å²) in [5.74, 6) is 0. The molecular formula is C48H24S6. The van der Waals surface area contributed by atoms with Crippen molar-refractivity contribution in [2.75, 3.05) is 0 Å². The predicted molar refractivity (Wildman–Crippen MR) is 235 cm³/mol. The molecule has 0 radical (unpaired) electrons. The highest BCUT2D eigenvalue weighted by Gasteiger charge is 2.45. The quantitative estimate of drug-likeness (QED) is 0.149. The van der Waals surface area contributed by atoms with Gasteiger partial charge in [-0.3, -0.25) is 0 Å². The van der Waals surface area contributed by atoms with Crippen LogP contribution in [0.25, 0.3) is 50.1 Å². The molecule has 0 N–H and O–H groups in total. The van der Waals surface area contributed by atoms with Crippen LogP contribution in [0.5, 0.6) is 0 Å². The van der Waals surface area contributed by atoms with Crippen molar-refractivity contribution in [3.8, 4) is 33.4 Å². The van der Waals surface area contributed by atoms with Crippen LogP contribution in [0.2, 0.25) is 0 Å². The van der Waals surface area contributed by atoms with E-state index in [0.717, 1.165) is 0 Å². The fraction of sp³-hybridized carbons (Fsp3) is 0. The number of fused-ring (bicyclic) bond motifs is 15. The third-order valence-corrected chi connectivity index (χ3v) is 18.7. The first-order chi connectivity index (χ1) is 26.8. The molecule has 0 nitrogen and oxygen atoms in total. The molecule has 3 heterocycles. The molecule has 0 atom stereocenters. The van der Waals surface area contributed by atoms with Gasteiger partial charge in [-0.15, -0.1) is 0 Å². The fourth-order valence-corrected chi connectivity index (χ4v) is 16.8. The zero-order chi connectivity index (χ0) is 35.1. The summed E-state index contributed by atoms with van der Waals surface area (Å²) in [6.07, 6.45) is 0. The van der Waals surface area contributed by atoms with Crippen molar-refractivity contribution >= 4 is 87.3 Å². The van der Waals surface area contributed by atoms with E-state index in [0.29, 0.717) is 0 Å². The summed E-state index contributed by atoms with van der Waals surface area (Å²) in [7, 11) is 0. The number of hydrogen-bond donors (Lipinski definition) is 0. The lowest BCUT2D eigenvalue weighted by Gasteiger charge is -2.20. The molecule has 0 aromatic heterocycles. The Morgan fingerprint density at radius 2 is 0.407 bits per heavy atom. The molecule has 0 saturated carbocycles. The highest BCUT2D eigenvalue weighted by molar-refractivity contribution is 8.25. The molecule has 7 aromatic rings. The van der Waals surface area contributed by atoms with Crippen LogP contribution in [0.3, 0.4) is 0 Å². The van der Waals surface area contributed by atoms with Crippen LogP contribution < -0.4 is 0 Å². The minimum absolute atomic E-state index is 1.34. The Labute approximate surface area is 339 Å². The van der Waals surface area contributed by atoms with Gasteiger partial charge in [0.05, 0.1) is 12.7 Å². The third kappa shape index (κ3) is 4.22. The maximum atomic E-state index is 2.39. The van der Waals surface area contributed by atoms with E-state index in [2.05, 4.69) is 146 Å². The number of hydrogen-bond acceptors (Lipinski definition) is 6. The zero-order valence-corrected chi connectivity index (χ0v) is 33.2. The van der Waals surface area contributed by atoms with Gasteiger partial charge in [-0.2, -0.15) is 0 Å². The van der Waals surface area contributed by atoms with Gasteiger partial charge in [0.1, 0.15) is 0 Å². The van der Waals surface area contributed by atoms with E-state index in [4.69, 9.17) is 0 Å². The van der Waals surface area contributed by atoms with E-state index in [-0.39, 0.29) is 0 Å². The lowest BCUT2D eigenvalue weighted by Crippen LogP contribution is -1.98. The smallest absolute Gasteiger partial charge is 0.0584 e. The summed E-state index contributed by atoms with van der Waals surface area (Å²) >= 11 is 11.7. The van der Waals surface area contributed by atoms with Crippen molar-refractivity contribution in [2.45, 2.75) is 29.4 Å². The second kappa shape index (κ2) is 11.7. The summed E-state index contributed by atoms with van der Waals surface area (Å²) < 4.78 is 4.13. The molecule has 0 bridgehead atoms.